The molecule has 0 radical (unpaired) electrons. The van der Waals surface area contributed by atoms with Gasteiger partial charge in [-0.15, -0.1) is 10.1 Å². The van der Waals surface area contributed by atoms with Crippen molar-refractivity contribution >= 4 is 25.1 Å². The zero-order valence-corrected chi connectivity index (χ0v) is 23.1. The summed E-state index contributed by atoms with van der Waals surface area (Å²) >= 11 is 1.23. The van der Waals surface area contributed by atoms with E-state index in [9.17, 15) is 34.5 Å². The highest BCUT2D eigenvalue weighted by Gasteiger charge is 2.33. The van der Waals surface area contributed by atoms with Crippen molar-refractivity contribution in [3.63, 3.8) is 0 Å². The maximum Gasteiger partial charge on any atom is 0.504 e. The third-order valence-corrected chi connectivity index (χ3v) is 8.79. The molecule has 0 saturated heterocycles. The Morgan fingerprint density at radius 2 is 1.88 bits per heavy atom. The van der Waals surface area contributed by atoms with Crippen molar-refractivity contribution in [2.45, 2.75) is 54.5 Å². The Labute approximate surface area is 236 Å². The first-order valence-corrected chi connectivity index (χ1v) is 14.6. The summed E-state index contributed by atoms with van der Waals surface area (Å²) in [6.07, 6.45) is 6.14. The zero-order chi connectivity index (χ0) is 29.3. The lowest BCUT2D eigenvalue weighted by Crippen LogP contribution is -2.24. The molecule has 3 aromatic heterocycles. The number of pyridine rings is 1. The van der Waals surface area contributed by atoms with Crippen LogP contribution < -0.4 is 0 Å². The minimum Gasteiger partial charge on any atom is -0.305 e. The number of fused-ring (bicyclic) bond motifs is 1. The lowest BCUT2D eigenvalue weighted by Gasteiger charge is -2.29. The number of benzene rings is 1. The van der Waals surface area contributed by atoms with Crippen LogP contribution in [0.4, 0.5) is 4.39 Å². The van der Waals surface area contributed by atoms with Gasteiger partial charge >= 0.3 is 12.9 Å². The van der Waals surface area contributed by atoms with E-state index in [2.05, 4.69) is 20.9 Å². The molecule has 16 heteroatoms. The number of phosphoric ester groups is 1. The van der Waals surface area contributed by atoms with Crippen molar-refractivity contribution in [2.24, 2.45) is 0 Å². The molecule has 1 saturated carbocycles. The van der Waals surface area contributed by atoms with Crippen molar-refractivity contribution in [1.82, 2.24) is 19.4 Å². The second-order valence-electron chi connectivity index (χ2n) is 9.31. The molecular weight excluding hydrogens is 576 g/mol. The van der Waals surface area contributed by atoms with E-state index in [1.165, 1.54) is 30.1 Å². The standard InChI is InChI=1S/C25H21FN7O6PS/c1-15-22(13-30-32(15)20-3-5-21(6-4-20)38-40(36,37)39-33(34)35)17-9-24(25-18(11-28)12-29-31(25)14-17)41-23-7-2-19(26)8-16(23)10-27/h2,7-9,12-14,20-21H,3-6H2,1H3,(H,36,37). The van der Waals surface area contributed by atoms with E-state index in [1.54, 1.807) is 16.9 Å². The Morgan fingerprint density at radius 3 is 2.56 bits per heavy atom. The second kappa shape index (κ2) is 11.3. The van der Waals surface area contributed by atoms with Gasteiger partial charge in [-0.05, 0) is 56.9 Å². The highest BCUT2D eigenvalue weighted by Crippen LogP contribution is 2.47. The van der Waals surface area contributed by atoms with Crippen LogP contribution in [-0.2, 0) is 13.7 Å². The third-order valence-electron chi connectivity index (χ3n) is 6.78. The predicted octanol–water partition coefficient (Wildman–Crippen LogP) is 5.35. The Morgan fingerprint density at radius 1 is 1.15 bits per heavy atom. The fourth-order valence-electron chi connectivity index (χ4n) is 4.95. The lowest BCUT2D eigenvalue weighted by molar-refractivity contribution is -0.718. The summed E-state index contributed by atoms with van der Waals surface area (Å²) in [5.74, 6) is -0.522. The summed E-state index contributed by atoms with van der Waals surface area (Å²) in [4.78, 5) is 21.1. The predicted molar refractivity (Wildman–Crippen MR) is 141 cm³/mol. The lowest BCUT2D eigenvalue weighted by atomic mass is 9.93. The summed E-state index contributed by atoms with van der Waals surface area (Å²) in [7, 11) is -4.80. The smallest absolute Gasteiger partial charge is 0.305 e. The highest BCUT2D eigenvalue weighted by molar-refractivity contribution is 7.99. The van der Waals surface area contributed by atoms with Crippen molar-refractivity contribution < 1.29 is 28.1 Å². The molecule has 210 valence electrons. The van der Waals surface area contributed by atoms with E-state index >= 15 is 0 Å². The average molecular weight is 598 g/mol. The molecule has 1 atom stereocenters. The zero-order valence-electron chi connectivity index (χ0n) is 21.4. The normalized spacial score (nSPS) is 18.4. The van der Waals surface area contributed by atoms with Crippen LogP contribution >= 0.6 is 19.6 Å². The first kappa shape index (κ1) is 28.3. The Balaban J connectivity index is 1.42. The van der Waals surface area contributed by atoms with E-state index < -0.39 is 24.8 Å². The molecule has 1 aromatic carbocycles. The van der Waals surface area contributed by atoms with Crippen LogP contribution in [0.15, 0.2) is 52.6 Å². The molecular formula is C25H21FN7O6PS. The quantitative estimate of drug-likeness (QED) is 0.157. The molecule has 3 heterocycles. The second-order valence-corrected chi connectivity index (χ2v) is 11.7. The van der Waals surface area contributed by atoms with E-state index in [-0.39, 0.29) is 11.6 Å². The fourth-order valence-corrected chi connectivity index (χ4v) is 6.82. The molecule has 1 N–H and O–H groups in total. The molecule has 5 rings (SSSR count). The molecule has 0 amide bonds. The molecule has 1 aliphatic carbocycles. The monoisotopic (exact) mass is 597 g/mol. The number of halogens is 1. The topological polar surface area (TPSA) is 182 Å². The summed E-state index contributed by atoms with van der Waals surface area (Å²) in [5, 5.41) is 37.1. The minimum atomic E-state index is -4.80. The van der Waals surface area contributed by atoms with Crippen molar-refractivity contribution in [3.05, 3.63) is 75.6 Å². The van der Waals surface area contributed by atoms with Crippen LogP contribution in [0, 0.1) is 45.5 Å². The minimum absolute atomic E-state index is 0.0389. The summed E-state index contributed by atoms with van der Waals surface area (Å²) < 4.78 is 37.7. The van der Waals surface area contributed by atoms with Crippen LogP contribution in [0.2, 0.25) is 0 Å². The highest BCUT2D eigenvalue weighted by atomic mass is 32.2. The molecule has 41 heavy (non-hydrogen) atoms. The third kappa shape index (κ3) is 5.94. The van der Waals surface area contributed by atoms with Gasteiger partial charge in [-0.2, -0.15) is 25.3 Å². The van der Waals surface area contributed by atoms with Gasteiger partial charge in [0, 0.05) is 32.8 Å². The number of rotatable bonds is 8. The van der Waals surface area contributed by atoms with Gasteiger partial charge in [0.1, 0.15) is 18.0 Å². The number of nitriles is 2. The Bertz CT molecular complexity index is 1790. The maximum atomic E-state index is 13.7. The van der Waals surface area contributed by atoms with Gasteiger partial charge in [0.05, 0.1) is 41.2 Å². The molecule has 0 bridgehead atoms. The van der Waals surface area contributed by atoms with E-state index in [0.29, 0.717) is 46.6 Å². The molecule has 1 unspecified atom stereocenters. The summed E-state index contributed by atoms with van der Waals surface area (Å²) in [6.45, 7) is 1.91. The van der Waals surface area contributed by atoms with Gasteiger partial charge < -0.3 is 4.89 Å². The van der Waals surface area contributed by atoms with Crippen LogP contribution in [-0.4, -0.2) is 35.5 Å². The van der Waals surface area contributed by atoms with E-state index in [1.807, 2.05) is 23.7 Å². The first-order chi connectivity index (χ1) is 19.6. The number of aromatic nitrogens is 4. The number of hydrogen-bond acceptors (Lipinski definition) is 10. The first-order valence-electron chi connectivity index (χ1n) is 12.3. The van der Waals surface area contributed by atoms with Gasteiger partial charge in [-0.25, -0.2) is 13.5 Å². The molecule has 13 nitrogen and oxygen atoms in total. The number of phosphoric acid groups is 1. The van der Waals surface area contributed by atoms with Crippen LogP contribution in [0.1, 0.15) is 48.5 Å². The average Bonchev–Trinajstić information content (AvgIpc) is 3.52. The van der Waals surface area contributed by atoms with Crippen LogP contribution in [0.5, 0.6) is 0 Å². The number of hydrogen-bond donors (Lipinski definition) is 1. The van der Waals surface area contributed by atoms with Gasteiger partial charge in [0.25, 0.3) is 0 Å². The molecule has 0 spiro atoms. The van der Waals surface area contributed by atoms with E-state index in [4.69, 9.17) is 4.52 Å². The summed E-state index contributed by atoms with van der Waals surface area (Å²) in [6, 6.07) is 9.93. The van der Waals surface area contributed by atoms with E-state index in [0.717, 1.165) is 22.9 Å². The van der Waals surface area contributed by atoms with Crippen LogP contribution in [0.25, 0.3) is 16.6 Å². The van der Waals surface area contributed by atoms with Crippen molar-refractivity contribution in [3.8, 4) is 23.3 Å². The number of nitrogens with zero attached hydrogens (tertiary/aromatic N) is 7. The van der Waals surface area contributed by atoms with Crippen molar-refractivity contribution in [1.29, 1.82) is 10.5 Å². The maximum absolute atomic E-state index is 13.7. The molecule has 4 aromatic rings. The van der Waals surface area contributed by atoms with Crippen molar-refractivity contribution in [2.75, 3.05) is 0 Å². The van der Waals surface area contributed by atoms with Gasteiger partial charge in [-0.1, -0.05) is 11.8 Å². The van der Waals surface area contributed by atoms with Gasteiger partial charge in [0.2, 0.25) is 0 Å². The largest absolute Gasteiger partial charge is 0.504 e. The molecule has 1 aliphatic rings. The molecule has 0 aliphatic heterocycles. The van der Waals surface area contributed by atoms with Gasteiger partial charge in [-0.3, -0.25) is 9.21 Å². The van der Waals surface area contributed by atoms with Crippen LogP contribution in [0.3, 0.4) is 0 Å². The fraction of sp³-hybridized carbons (Fsp3) is 0.280. The Hall–Kier alpha value is -4.27. The summed E-state index contributed by atoms with van der Waals surface area (Å²) in [5.41, 5.74) is 3.48. The Kier molecular flexibility index (Phi) is 7.80. The van der Waals surface area contributed by atoms with Gasteiger partial charge in [0.15, 0.2) is 0 Å². The SMILES string of the molecule is Cc1c(-c2cc(Sc3ccc(F)cc3C#N)c3c(C#N)cnn3c2)cnn1C1CCC(OP(=O)(O)O[N+](=O)[O-])CC1. The molecule has 1 fully saturated rings.